The third-order valence-electron chi connectivity index (χ3n) is 4.61. The van der Waals surface area contributed by atoms with Gasteiger partial charge < -0.3 is 18.0 Å². The Morgan fingerprint density at radius 2 is 1.30 bits per heavy atom. The van der Waals surface area contributed by atoms with Crippen molar-refractivity contribution in [1.82, 2.24) is 9.13 Å². The Hall–Kier alpha value is 0.491. The van der Waals surface area contributed by atoms with E-state index in [2.05, 4.69) is 55.0 Å². The smallest absolute Gasteiger partial charge is 0.352 e. The van der Waals surface area contributed by atoms with Crippen LogP contribution in [0.25, 0.3) is 0 Å². The monoisotopic (exact) mass is 334 g/mol. The van der Waals surface area contributed by atoms with Gasteiger partial charge in [0, 0.05) is 33.9 Å². The zero-order valence-electron chi connectivity index (χ0n) is 14.9. The van der Waals surface area contributed by atoms with Crippen molar-refractivity contribution in [3.05, 3.63) is 0 Å². The molecule has 4 nitrogen and oxygen atoms in total. The van der Waals surface area contributed by atoms with E-state index in [1.54, 1.807) is 0 Å². The summed E-state index contributed by atoms with van der Waals surface area (Å²) in [6, 6.07) is 0. The number of hydrogen-bond donors (Lipinski definition) is 0. The van der Waals surface area contributed by atoms with Crippen LogP contribution in [-0.2, 0) is 8.85 Å². The quantitative estimate of drug-likeness (QED) is 0.721. The lowest BCUT2D eigenvalue weighted by molar-refractivity contribution is 0.158. The van der Waals surface area contributed by atoms with Crippen LogP contribution >= 0.6 is 0 Å². The van der Waals surface area contributed by atoms with Gasteiger partial charge in [-0.25, -0.2) is 0 Å². The van der Waals surface area contributed by atoms with Gasteiger partial charge in [-0.3, -0.25) is 0 Å². The van der Waals surface area contributed by atoms with E-state index in [0.717, 1.165) is 6.54 Å². The molecule has 0 aromatic rings. The van der Waals surface area contributed by atoms with Crippen molar-refractivity contribution >= 4 is 25.0 Å². The second-order valence-electron chi connectivity index (χ2n) is 7.92. The number of hydrogen-bond acceptors (Lipinski definition) is 4. The highest BCUT2D eigenvalue weighted by molar-refractivity contribution is 6.77. The summed E-state index contributed by atoms with van der Waals surface area (Å²) in [5.74, 6) is 0. The standard InChI is InChI=1S/C13H34N2O2Si3/c1-16-20(9,17-2)13-12-14(18(3,4)5)10-11-15(13)19(6,7)8/h13H,10-12H2,1-9H3. The van der Waals surface area contributed by atoms with Gasteiger partial charge in [-0.2, -0.15) is 0 Å². The van der Waals surface area contributed by atoms with Crippen molar-refractivity contribution in [3.8, 4) is 0 Å². The fourth-order valence-electron chi connectivity index (χ4n) is 3.00. The molecule has 1 rings (SSSR count). The van der Waals surface area contributed by atoms with Crippen molar-refractivity contribution in [2.75, 3.05) is 33.9 Å². The van der Waals surface area contributed by atoms with Gasteiger partial charge in [-0.1, -0.05) is 39.3 Å². The zero-order valence-corrected chi connectivity index (χ0v) is 17.9. The molecule has 1 saturated heterocycles. The molecular weight excluding hydrogens is 300 g/mol. The maximum Gasteiger partial charge on any atom is 0.352 e. The van der Waals surface area contributed by atoms with E-state index in [-0.39, 0.29) is 0 Å². The molecule has 0 aromatic heterocycles. The van der Waals surface area contributed by atoms with Crippen LogP contribution in [0.3, 0.4) is 0 Å². The van der Waals surface area contributed by atoms with Crippen molar-refractivity contribution in [2.24, 2.45) is 0 Å². The first kappa shape index (κ1) is 18.5. The van der Waals surface area contributed by atoms with Gasteiger partial charge in [0.15, 0.2) is 0 Å². The maximum atomic E-state index is 5.90. The summed E-state index contributed by atoms with van der Waals surface area (Å²) in [6.07, 6.45) is 0. The van der Waals surface area contributed by atoms with Crippen molar-refractivity contribution in [1.29, 1.82) is 0 Å². The molecule has 120 valence electrons. The summed E-state index contributed by atoms with van der Waals surface area (Å²) < 4.78 is 17.3. The Morgan fingerprint density at radius 3 is 1.65 bits per heavy atom. The van der Waals surface area contributed by atoms with Gasteiger partial charge in [-0.15, -0.1) is 0 Å². The van der Waals surface area contributed by atoms with Crippen LogP contribution in [0.4, 0.5) is 0 Å². The molecule has 1 unspecified atom stereocenters. The molecule has 1 aliphatic heterocycles. The van der Waals surface area contributed by atoms with Gasteiger partial charge in [0.05, 0.1) is 5.67 Å². The Kier molecular flexibility index (Phi) is 5.85. The lowest BCUT2D eigenvalue weighted by atomic mass is 10.4. The average Bonchev–Trinajstić information content (AvgIpc) is 2.35. The molecule has 7 heteroatoms. The molecular formula is C13H34N2O2Si3. The molecule has 0 aliphatic carbocycles. The second-order valence-corrected chi connectivity index (χ2v) is 21.3. The zero-order chi connectivity index (χ0) is 15.8. The Morgan fingerprint density at radius 1 is 0.800 bits per heavy atom. The van der Waals surface area contributed by atoms with Crippen LogP contribution in [0.15, 0.2) is 0 Å². The number of nitrogens with zero attached hydrogens (tertiary/aromatic N) is 2. The van der Waals surface area contributed by atoms with Gasteiger partial charge in [0.2, 0.25) is 0 Å². The van der Waals surface area contributed by atoms with E-state index in [1.807, 2.05) is 14.2 Å². The second kappa shape index (κ2) is 6.31. The summed E-state index contributed by atoms with van der Waals surface area (Å²) in [5, 5.41) is 0. The topological polar surface area (TPSA) is 24.9 Å². The van der Waals surface area contributed by atoms with Crippen LogP contribution in [-0.4, -0.2) is 73.7 Å². The largest absolute Gasteiger partial charge is 0.397 e. The van der Waals surface area contributed by atoms with Gasteiger partial charge >= 0.3 is 8.56 Å². The van der Waals surface area contributed by atoms with E-state index in [0.29, 0.717) is 5.67 Å². The highest BCUT2D eigenvalue weighted by Crippen LogP contribution is 2.28. The molecule has 1 fully saturated rings. The summed E-state index contributed by atoms with van der Waals surface area (Å²) in [6.45, 7) is 20.3. The Labute approximate surface area is 128 Å². The number of piperazine rings is 1. The molecule has 1 atom stereocenters. The SMILES string of the molecule is CO[Si](C)(OC)C1CN([Si](C)(C)C)CCN1[Si](C)(C)C. The fraction of sp³-hybridized carbons (Fsp3) is 1.00. The first-order valence-corrected chi connectivity index (χ1v) is 16.9. The Bertz CT molecular complexity index is 325. The van der Waals surface area contributed by atoms with Gasteiger partial charge in [-0.05, 0) is 6.55 Å². The molecule has 0 N–H and O–H groups in total. The van der Waals surface area contributed by atoms with Gasteiger partial charge in [0.1, 0.15) is 16.5 Å². The molecule has 1 aliphatic rings. The maximum absolute atomic E-state index is 5.90. The number of rotatable bonds is 5. The third kappa shape index (κ3) is 4.02. The van der Waals surface area contributed by atoms with E-state index < -0.39 is 25.0 Å². The molecule has 0 saturated carbocycles. The van der Waals surface area contributed by atoms with E-state index >= 15 is 0 Å². The molecule has 0 bridgehead atoms. The van der Waals surface area contributed by atoms with Crippen LogP contribution in [0.1, 0.15) is 0 Å². The van der Waals surface area contributed by atoms with Crippen molar-refractivity contribution in [2.45, 2.75) is 51.5 Å². The fourth-order valence-corrected chi connectivity index (χ4v) is 10.3. The Balaban J connectivity index is 3.07. The molecule has 0 radical (unpaired) electrons. The van der Waals surface area contributed by atoms with Crippen LogP contribution < -0.4 is 0 Å². The van der Waals surface area contributed by atoms with E-state index in [4.69, 9.17) is 8.85 Å². The van der Waals surface area contributed by atoms with Crippen LogP contribution in [0.5, 0.6) is 0 Å². The molecule has 0 aromatic carbocycles. The highest BCUT2D eigenvalue weighted by Gasteiger charge is 2.50. The normalized spacial score (nSPS) is 24.1. The molecule has 0 spiro atoms. The van der Waals surface area contributed by atoms with Crippen LogP contribution in [0.2, 0.25) is 45.8 Å². The van der Waals surface area contributed by atoms with Crippen LogP contribution in [0, 0.1) is 0 Å². The van der Waals surface area contributed by atoms with E-state index in [1.165, 1.54) is 13.1 Å². The average molecular weight is 335 g/mol. The lowest BCUT2D eigenvalue weighted by Crippen LogP contribution is -2.73. The summed E-state index contributed by atoms with van der Waals surface area (Å²) in [7, 11) is -1.11. The minimum absolute atomic E-state index is 0.449. The molecule has 0 amide bonds. The third-order valence-corrected chi connectivity index (χ3v) is 12.8. The predicted octanol–water partition coefficient (Wildman–Crippen LogP) is 2.55. The lowest BCUT2D eigenvalue weighted by Gasteiger charge is -2.53. The molecule has 1 heterocycles. The first-order valence-electron chi connectivity index (χ1n) is 7.58. The summed E-state index contributed by atoms with van der Waals surface area (Å²) in [4.78, 5) is 0. The van der Waals surface area contributed by atoms with Crippen molar-refractivity contribution in [3.63, 3.8) is 0 Å². The van der Waals surface area contributed by atoms with Gasteiger partial charge in [0.25, 0.3) is 0 Å². The van der Waals surface area contributed by atoms with E-state index in [9.17, 15) is 0 Å². The predicted molar refractivity (Wildman–Crippen MR) is 94.4 cm³/mol. The van der Waals surface area contributed by atoms with Crippen molar-refractivity contribution < 1.29 is 8.85 Å². The minimum Gasteiger partial charge on any atom is -0.397 e. The highest BCUT2D eigenvalue weighted by atomic mass is 28.4. The summed E-state index contributed by atoms with van der Waals surface area (Å²) in [5.41, 5.74) is 0.449. The first-order chi connectivity index (χ1) is 8.95. The minimum atomic E-state index is -2.15. The summed E-state index contributed by atoms with van der Waals surface area (Å²) >= 11 is 0. The molecule has 20 heavy (non-hydrogen) atoms.